The number of thiocarbonyl (C=S) groups is 1. The largest absolute Gasteiger partial charge is 0.467 e. The zero-order chi connectivity index (χ0) is 19.7. The first kappa shape index (κ1) is 17.7. The van der Waals surface area contributed by atoms with Crippen molar-refractivity contribution < 1.29 is 14.0 Å². The summed E-state index contributed by atoms with van der Waals surface area (Å²) in [5.41, 5.74) is 1.50. The SMILES string of the molecule is N#CCn1cc(/C=C2/C(=O)NC(=S)N(Cc3ccco3)C2=O)c2ccccc21. The number of nitriles is 1. The first-order valence-electron chi connectivity index (χ1n) is 8.44. The summed E-state index contributed by atoms with van der Waals surface area (Å²) < 4.78 is 7.06. The third-order valence-electron chi connectivity index (χ3n) is 4.44. The molecule has 1 aromatic carbocycles. The number of benzene rings is 1. The van der Waals surface area contributed by atoms with E-state index in [0.29, 0.717) is 11.3 Å². The van der Waals surface area contributed by atoms with Gasteiger partial charge in [-0.1, -0.05) is 18.2 Å². The van der Waals surface area contributed by atoms with Gasteiger partial charge in [-0.25, -0.2) is 0 Å². The minimum absolute atomic E-state index is 0.0278. The van der Waals surface area contributed by atoms with Crippen molar-refractivity contribution in [2.24, 2.45) is 0 Å². The Balaban J connectivity index is 1.75. The molecule has 1 fully saturated rings. The van der Waals surface area contributed by atoms with Crippen LogP contribution in [0.4, 0.5) is 0 Å². The number of rotatable bonds is 4. The fourth-order valence-corrected chi connectivity index (χ4v) is 3.39. The van der Waals surface area contributed by atoms with Crippen molar-refractivity contribution in [3.05, 3.63) is 65.8 Å². The summed E-state index contributed by atoms with van der Waals surface area (Å²) in [5, 5.41) is 12.5. The van der Waals surface area contributed by atoms with Crippen LogP contribution in [-0.2, 0) is 22.7 Å². The Hall–Kier alpha value is -3.70. The van der Waals surface area contributed by atoms with Crippen molar-refractivity contribution in [2.75, 3.05) is 0 Å². The molecular weight excluding hydrogens is 376 g/mol. The van der Waals surface area contributed by atoms with Crippen LogP contribution in [0.5, 0.6) is 0 Å². The lowest BCUT2D eigenvalue weighted by Crippen LogP contribution is -2.53. The molecule has 8 heteroatoms. The molecule has 0 spiro atoms. The van der Waals surface area contributed by atoms with Crippen LogP contribution in [0.1, 0.15) is 11.3 Å². The summed E-state index contributed by atoms with van der Waals surface area (Å²) in [5.74, 6) is -0.498. The minimum Gasteiger partial charge on any atom is -0.467 e. The van der Waals surface area contributed by atoms with E-state index in [0.717, 1.165) is 10.9 Å². The number of nitrogens with one attached hydrogen (secondary N) is 1. The van der Waals surface area contributed by atoms with Gasteiger partial charge in [0.2, 0.25) is 0 Å². The summed E-state index contributed by atoms with van der Waals surface area (Å²) in [6.07, 6.45) is 4.79. The van der Waals surface area contributed by atoms with Crippen LogP contribution in [0.2, 0.25) is 0 Å². The Morgan fingerprint density at radius 2 is 2.04 bits per heavy atom. The third-order valence-corrected chi connectivity index (χ3v) is 4.76. The Kier molecular flexibility index (Phi) is 4.51. The quantitative estimate of drug-likeness (QED) is 0.420. The second-order valence-electron chi connectivity index (χ2n) is 6.18. The molecule has 28 heavy (non-hydrogen) atoms. The van der Waals surface area contributed by atoms with E-state index in [9.17, 15) is 9.59 Å². The molecule has 0 unspecified atom stereocenters. The first-order valence-corrected chi connectivity index (χ1v) is 8.85. The number of carbonyl (C=O) groups is 2. The Labute approximate surface area is 165 Å². The molecule has 0 bridgehead atoms. The van der Waals surface area contributed by atoms with E-state index in [1.165, 1.54) is 17.2 Å². The molecular formula is C20H14N4O3S. The van der Waals surface area contributed by atoms with Gasteiger partial charge in [0.05, 0.1) is 18.9 Å². The molecule has 4 rings (SSSR count). The molecule has 2 aromatic heterocycles. The van der Waals surface area contributed by atoms with Gasteiger partial charge in [0.15, 0.2) is 5.11 Å². The monoisotopic (exact) mass is 390 g/mol. The van der Waals surface area contributed by atoms with E-state index in [1.54, 1.807) is 22.9 Å². The van der Waals surface area contributed by atoms with E-state index in [2.05, 4.69) is 11.4 Å². The number of amides is 2. The number of aromatic nitrogens is 1. The third kappa shape index (κ3) is 3.08. The number of carbonyl (C=O) groups excluding carboxylic acids is 2. The molecule has 0 radical (unpaired) electrons. The summed E-state index contributed by atoms with van der Waals surface area (Å²) in [6, 6.07) is 13.0. The predicted molar refractivity (Wildman–Crippen MR) is 106 cm³/mol. The van der Waals surface area contributed by atoms with Gasteiger partial charge in [-0.2, -0.15) is 5.26 Å². The molecule has 0 saturated carbocycles. The van der Waals surface area contributed by atoms with Crippen LogP contribution in [0.3, 0.4) is 0 Å². The maximum atomic E-state index is 13.0. The fourth-order valence-electron chi connectivity index (χ4n) is 3.15. The van der Waals surface area contributed by atoms with Crippen LogP contribution in [-0.4, -0.2) is 26.4 Å². The maximum Gasteiger partial charge on any atom is 0.266 e. The molecule has 1 N–H and O–H groups in total. The Morgan fingerprint density at radius 1 is 1.21 bits per heavy atom. The molecule has 2 amide bonds. The predicted octanol–water partition coefficient (Wildman–Crippen LogP) is 2.58. The van der Waals surface area contributed by atoms with Crippen molar-refractivity contribution >= 4 is 46.1 Å². The highest BCUT2D eigenvalue weighted by molar-refractivity contribution is 7.80. The van der Waals surface area contributed by atoms with E-state index in [4.69, 9.17) is 21.9 Å². The average molecular weight is 390 g/mol. The average Bonchev–Trinajstić information content (AvgIpc) is 3.31. The maximum absolute atomic E-state index is 13.0. The number of fused-ring (bicyclic) bond motifs is 1. The van der Waals surface area contributed by atoms with E-state index >= 15 is 0 Å². The zero-order valence-electron chi connectivity index (χ0n) is 14.6. The van der Waals surface area contributed by atoms with Gasteiger partial charge >= 0.3 is 0 Å². The van der Waals surface area contributed by atoms with Gasteiger partial charge in [0.1, 0.15) is 17.9 Å². The summed E-state index contributed by atoms with van der Waals surface area (Å²) in [7, 11) is 0. The number of furan rings is 1. The van der Waals surface area contributed by atoms with Crippen LogP contribution >= 0.6 is 12.2 Å². The van der Waals surface area contributed by atoms with Crippen molar-refractivity contribution in [1.29, 1.82) is 5.26 Å². The summed E-state index contributed by atoms with van der Waals surface area (Å²) >= 11 is 5.15. The van der Waals surface area contributed by atoms with Gasteiger partial charge < -0.3 is 8.98 Å². The first-order chi connectivity index (χ1) is 13.6. The summed E-state index contributed by atoms with van der Waals surface area (Å²) in [4.78, 5) is 26.7. The molecule has 7 nitrogen and oxygen atoms in total. The van der Waals surface area contributed by atoms with Crippen LogP contribution < -0.4 is 5.32 Å². The zero-order valence-corrected chi connectivity index (χ0v) is 15.4. The smallest absolute Gasteiger partial charge is 0.266 e. The van der Waals surface area contributed by atoms with Crippen LogP contribution in [0.25, 0.3) is 17.0 Å². The number of nitrogens with zero attached hydrogens (tertiary/aromatic N) is 3. The molecule has 0 atom stereocenters. The Bertz CT molecular complexity index is 1170. The van der Waals surface area contributed by atoms with Gasteiger partial charge in [-0.05, 0) is 36.5 Å². The fraction of sp³-hybridized carbons (Fsp3) is 0.100. The molecule has 3 heterocycles. The highest BCUT2D eigenvalue weighted by atomic mass is 32.1. The normalized spacial score (nSPS) is 15.9. The molecule has 1 aliphatic heterocycles. The lowest BCUT2D eigenvalue weighted by Gasteiger charge is -2.28. The van der Waals surface area contributed by atoms with Crippen molar-refractivity contribution in [1.82, 2.24) is 14.8 Å². The van der Waals surface area contributed by atoms with E-state index < -0.39 is 11.8 Å². The van der Waals surface area contributed by atoms with E-state index in [-0.39, 0.29) is 23.8 Å². The van der Waals surface area contributed by atoms with Gasteiger partial charge in [-0.15, -0.1) is 0 Å². The molecule has 3 aromatic rings. The standard InChI is InChI=1S/C20H14N4O3S/c21-7-8-23-11-13(15-5-1-2-6-17(15)23)10-16-18(25)22-20(28)24(19(16)26)12-14-4-3-9-27-14/h1-6,9-11H,8,12H2,(H,22,25,28)/b16-10-. The van der Waals surface area contributed by atoms with Gasteiger partial charge in [-0.3, -0.25) is 19.8 Å². The Morgan fingerprint density at radius 3 is 2.79 bits per heavy atom. The van der Waals surface area contributed by atoms with Crippen molar-refractivity contribution in [2.45, 2.75) is 13.1 Å². The second kappa shape index (κ2) is 7.13. The molecule has 138 valence electrons. The van der Waals surface area contributed by atoms with Crippen molar-refractivity contribution in [3.63, 3.8) is 0 Å². The molecule has 0 aliphatic carbocycles. The topological polar surface area (TPSA) is 91.3 Å². The van der Waals surface area contributed by atoms with Gasteiger partial charge in [0.25, 0.3) is 11.8 Å². The highest BCUT2D eigenvalue weighted by Gasteiger charge is 2.34. The molecule has 1 aliphatic rings. The summed E-state index contributed by atoms with van der Waals surface area (Å²) in [6.45, 7) is 0.289. The number of hydrogen-bond donors (Lipinski definition) is 1. The minimum atomic E-state index is -0.553. The van der Waals surface area contributed by atoms with Crippen LogP contribution in [0, 0.1) is 11.3 Å². The second-order valence-corrected chi connectivity index (χ2v) is 6.56. The van der Waals surface area contributed by atoms with Gasteiger partial charge in [0, 0.05) is 22.7 Å². The lowest BCUT2D eigenvalue weighted by molar-refractivity contribution is -0.129. The van der Waals surface area contributed by atoms with E-state index in [1.807, 2.05) is 24.3 Å². The lowest BCUT2D eigenvalue weighted by atomic mass is 10.1. The van der Waals surface area contributed by atoms with Crippen molar-refractivity contribution in [3.8, 4) is 6.07 Å². The number of para-hydroxylation sites is 1. The molecule has 1 saturated heterocycles. The van der Waals surface area contributed by atoms with Crippen LogP contribution in [0.15, 0.2) is 58.8 Å². The highest BCUT2D eigenvalue weighted by Crippen LogP contribution is 2.25. The number of hydrogen-bond acceptors (Lipinski definition) is 5.